The fourth-order valence-electron chi connectivity index (χ4n) is 2.59. The Morgan fingerprint density at radius 1 is 1.08 bits per heavy atom. The van der Waals surface area contributed by atoms with Gasteiger partial charge >= 0.3 is 0 Å². The Morgan fingerprint density at radius 3 is 2.27 bits per heavy atom. The first-order valence-electron chi connectivity index (χ1n) is 8.61. The molecule has 0 fully saturated rings. The van der Waals surface area contributed by atoms with E-state index in [4.69, 9.17) is 14.7 Å². The smallest absolute Gasteiger partial charge is 0.119 e. The van der Waals surface area contributed by atoms with Crippen molar-refractivity contribution in [3.05, 3.63) is 59.7 Å². The number of aliphatic hydroxyl groups is 1. The van der Waals surface area contributed by atoms with E-state index >= 15 is 0 Å². The maximum absolute atomic E-state index is 10.2. The summed E-state index contributed by atoms with van der Waals surface area (Å²) in [5, 5.41) is 22.3. The molecule has 2 rings (SSSR count). The molecular weight excluding hydrogens is 328 g/mol. The summed E-state index contributed by atoms with van der Waals surface area (Å²) in [4.78, 5) is 0. The average molecular weight is 354 g/mol. The highest BCUT2D eigenvalue weighted by Crippen LogP contribution is 2.17. The van der Waals surface area contributed by atoms with Crippen molar-refractivity contribution in [1.82, 2.24) is 5.32 Å². The number of methoxy groups -OCH3 is 1. The third-order valence-corrected chi connectivity index (χ3v) is 4.05. The normalized spacial score (nSPS) is 12.3. The molecule has 0 aliphatic carbocycles. The number of β-amino-alcohol motifs (C(OH)–C–C–N with tert-alkyl or cyclic N) is 1. The summed E-state index contributed by atoms with van der Waals surface area (Å²) in [6.07, 6.45) is 0.209. The number of nitriles is 1. The molecule has 0 aliphatic rings. The van der Waals surface area contributed by atoms with Gasteiger partial charge in [-0.1, -0.05) is 12.1 Å². The number of hydrogen-bond acceptors (Lipinski definition) is 5. The molecule has 138 valence electrons. The van der Waals surface area contributed by atoms with Crippen LogP contribution in [-0.2, 0) is 6.42 Å². The van der Waals surface area contributed by atoms with Gasteiger partial charge in [0.05, 0.1) is 18.7 Å². The fourth-order valence-corrected chi connectivity index (χ4v) is 2.59. The van der Waals surface area contributed by atoms with E-state index in [2.05, 4.69) is 25.2 Å². The van der Waals surface area contributed by atoms with Crippen LogP contribution in [0.25, 0.3) is 0 Å². The molecule has 2 aromatic rings. The number of nitrogens with one attached hydrogen (secondary N) is 1. The van der Waals surface area contributed by atoms with Gasteiger partial charge in [-0.05, 0) is 62.2 Å². The fraction of sp³-hybridized carbons (Fsp3) is 0.381. The van der Waals surface area contributed by atoms with Crippen LogP contribution in [0.3, 0.4) is 0 Å². The third-order valence-electron chi connectivity index (χ3n) is 4.05. The van der Waals surface area contributed by atoms with E-state index in [0.29, 0.717) is 17.9 Å². The van der Waals surface area contributed by atoms with Crippen LogP contribution < -0.4 is 14.8 Å². The van der Waals surface area contributed by atoms with Gasteiger partial charge in [0.25, 0.3) is 0 Å². The Labute approximate surface area is 155 Å². The molecule has 0 spiro atoms. The predicted molar refractivity (Wildman–Crippen MR) is 101 cm³/mol. The maximum Gasteiger partial charge on any atom is 0.119 e. The minimum absolute atomic E-state index is 0.163. The van der Waals surface area contributed by atoms with E-state index in [0.717, 1.165) is 12.2 Å². The Bertz CT molecular complexity index is 718. The van der Waals surface area contributed by atoms with Gasteiger partial charge < -0.3 is 19.9 Å². The van der Waals surface area contributed by atoms with Crippen LogP contribution in [0.2, 0.25) is 0 Å². The molecule has 0 saturated heterocycles. The van der Waals surface area contributed by atoms with Gasteiger partial charge in [-0.15, -0.1) is 0 Å². The van der Waals surface area contributed by atoms with Gasteiger partial charge in [-0.25, -0.2) is 0 Å². The number of rotatable bonds is 9. The molecule has 2 aromatic carbocycles. The minimum Gasteiger partial charge on any atom is -0.497 e. The quantitative estimate of drug-likeness (QED) is 0.724. The second kappa shape index (κ2) is 9.23. The highest BCUT2D eigenvalue weighted by Gasteiger charge is 2.19. The van der Waals surface area contributed by atoms with Gasteiger partial charge in [-0.3, -0.25) is 0 Å². The summed E-state index contributed by atoms with van der Waals surface area (Å²) >= 11 is 0. The summed E-state index contributed by atoms with van der Waals surface area (Å²) in [6, 6.07) is 16.9. The van der Waals surface area contributed by atoms with Gasteiger partial charge in [-0.2, -0.15) is 5.26 Å². The first kappa shape index (κ1) is 19.8. The summed E-state index contributed by atoms with van der Waals surface area (Å²) in [5.41, 5.74) is 1.62. The van der Waals surface area contributed by atoms with E-state index in [1.807, 2.05) is 24.3 Å². The molecule has 0 aromatic heterocycles. The molecule has 26 heavy (non-hydrogen) atoms. The number of nitrogens with zero attached hydrogens (tertiary/aromatic N) is 1. The van der Waals surface area contributed by atoms with Crippen molar-refractivity contribution >= 4 is 0 Å². The summed E-state index contributed by atoms with van der Waals surface area (Å²) < 4.78 is 10.7. The largest absolute Gasteiger partial charge is 0.497 e. The van der Waals surface area contributed by atoms with Crippen molar-refractivity contribution in [2.24, 2.45) is 0 Å². The Kier molecular flexibility index (Phi) is 7.02. The Balaban J connectivity index is 1.77. The lowest BCUT2D eigenvalue weighted by Crippen LogP contribution is -2.46. The first-order valence-corrected chi connectivity index (χ1v) is 8.61. The standard InChI is InChI=1S/C21H26N2O3/c1-21(2,12-16-4-8-19(25-3)9-5-16)23-14-18(24)15-26-20-10-6-17(13-22)7-11-20/h4-11,18,23-24H,12,14-15H2,1-3H3. The lowest BCUT2D eigenvalue weighted by molar-refractivity contribution is 0.0988. The van der Waals surface area contributed by atoms with Crippen molar-refractivity contribution in [2.45, 2.75) is 31.9 Å². The van der Waals surface area contributed by atoms with Gasteiger partial charge in [0.2, 0.25) is 0 Å². The van der Waals surface area contributed by atoms with E-state index in [1.54, 1.807) is 31.4 Å². The van der Waals surface area contributed by atoms with E-state index < -0.39 is 6.10 Å². The highest BCUT2D eigenvalue weighted by molar-refractivity contribution is 5.34. The van der Waals surface area contributed by atoms with Crippen LogP contribution in [0.15, 0.2) is 48.5 Å². The summed E-state index contributed by atoms with van der Waals surface area (Å²) in [5.74, 6) is 1.48. The molecule has 5 nitrogen and oxygen atoms in total. The lowest BCUT2D eigenvalue weighted by atomic mass is 9.94. The number of benzene rings is 2. The van der Waals surface area contributed by atoms with Crippen LogP contribution in [0.4, 0.5) is 0 Å². The van der Waals surface area contributed by atoms with Crippen LogP contribution in [0.1, 0.15) is 25.0 Å². The summed E-state index contributed by atoms with van der Waals surface area (Å²) in [6.45, 7) is 4.83. The van der Waals surface area contributed by atoms with Gasteiger partial charge in [0.1, 0.15) is 24.2 Å². The molecule has 0 amide bonds. The van der Waals surface area contributed by atoms with Crippen molar-refractivity contribution in [1.29, 1.82) is 5.26 Å². The van der Waals surface area contributed by atoms with Gasteiger partial charge in [0, 0.05) is 12.1 Å². The van der Waals surface area contributed by atoms with Crippen molar-refractivity contribution < 1.29 is 14.6 Å². The minimum atomic E-state index is -0.624. The molecule has 5 heteroatoms. The monoisotopic (exact) mass is 354 g/mol. The number of hydrogen-bond donors (Lipinski definition) is 2. The summed E-state index contributed by atoms with van der Waals surface area (Å²) in [7, 11) is 1.65. The number of aliphatic hydroxyl groups excluding tert-OH is 1. The molecule has 0 heterocycles. The molecule has 0 bridgehead atoms. The molecule has 1 atom stereocenters. The molecule has 2 N–H and O–H groups in total. The Morgan fingerprint density at radius 2 is 1.69 bits per heavy atom. The number of ether oxygens (including phenoxy) is 2. The van der Waals surface area contributed by atoms with Crippen LogP contribution >= 0.6 is 0 Å². The molecule has 0 aliphatic heterocycles. The highest BCUT2D eigenvalue weighted by atomic mass is 16.5. The lowest BCUT2D eigenvalue weighted by Gasteiger charge is -2.28. The van der Waals surface area contributed by atoms with Crippen LogP contribution in [-0.4, -0.2) is 37.0 Å². The van der Waals surface area contributed by atoms with E-state index in [1.165, 1.54) is 5.56 Å². The van der Waals surface area contributed by atoms with Crippen molar-refractivity contribution in [3.8, 4) is 17.6 Å². The van der Waals surface area contributed by atoms with Crippen molar-refractivity contribution in [2.75, 3.05) is 20.3 Å². The first-order chi connectivity index (χ1) is 12.4. The van der Waals surface area contributed by atoms with Crippen LogP contribution in [0.5, 0.6) is 11.5 Å². The SMILES string of the molecule is COc1ccc(CC(C)(C)NCC(O)COc2ccc(C#N)cc2)cc1. The second-order valence-electron chi connectivity index (χ2n) is 6.89. The van der Waals surface area contributed by atoms with Crippen LogP contribution in [0, 0.1) is 11.3 Å². The zero-order chi connectivity index (χ0) is 19.0. The molecular formula is C21H26N2O3. The van der Waals surface area contributed by atoms with Gasteiger partial charge in [0.15, 0.2) is 0 Å². The topological polar surface area (TPSA) is 74.5 Å². The third kappa shape index (κ3) is 6.40. The zero-order valence-corrected chi connectivity index (χ0v) is 15.5. The average Bonchev–Trinajstić information content (AvgIpc) is 2.65. The predicted octanol–water partition coefficient (Wildman–Crippen LogP) is 2.92. The zero-order valence-electron chi connectivity index (χ0n) is 15.5. The van der Waals surface area contributed by atoms with Crippen molar-refractivity contribution in [3.63, 3.8) is 0 Å². The molecule has 1 unspecified atom stereocenters. The Hall–Kier alpha value is -2.55. The maximum atomic E-state index is 10.2. The molecule has 0 saturated carbocycles. The van der Waals surface area contributed by atoms with E-state index in [9.17, 15) is 5.11 Å². The second-order valence-corrected chi connectivity index (χ2v) is 6.89. The molecule has 0 radical (unpaired) electrons. The van der Waals surface area contributed by atoms with E-state index in [-0.39, 0.29) is 12.1 Å².